The molecule has 1 aromatic carbocycles. The van der Waals surface area contributed by atoms with Crippen molar-refractivity contribution >= 4 is 11.6 Å². The molecule has 3 rings (SSSR count). The first kappa shape index (κ1) is 14.4. The standard InChI is InChI=1S/C14H10ClFN4O2/c15-12-6-5-11(17-18-12)8-20-13(19-22-14(20)21)7-9-1-3-10(16)4-2-9/h1-6H,7-8H2. The molecule has 22 heavy (non-hydrogen) atoms. The minimum atomic E-state index is -0.589. The van der Waals surface area contributed by atoms with Crippen molar-refractivity contribution in [3.63, 3.8) is 0 Å². The van der Waals surface area contributed by atoms with Crippen LogP contribution in [0.2, 0.25) is 5.15 Å². The van der Waals surface area contributed by atoms with Gasteiger partial charge in [-0.1, -0.05) is 28.9 Å². The van der Waals surface area contributed by atoms with E-state index in [9.17, 15) is 9.18 Å². The van der Waals surface area contributed by atoms with Gasteiger partial charge >= 0.3 is 5.76 Å². The fourth-order valence-electron chi connectivity index (χ4n) is 1.95. The summed E-state index contributed by atoms with van der Waals surface area (Å²) in [5.41, 5.74) is 1.36. The van der Waals surface area contributed by atoms with Crippen LogP contribution in [0, 0.1) is 5.82 Å². The van der Waals surface area contributed by atoms with Gasteiger partial charge in [0.15, 0.2) is 11.0 Å². The Morgan fingerprint density at radius 2 is 1.91 bits per heavy atom. The van der Waals surface area contributed by atoms with Gasteiger partial charge in [-0.05, 0) is 29.8 Å². The molecule has 8 heteroatoms. The maximum atomic E-state index is 12.9. The predicted molar refractivity (Wildman–Crippen MR) is 76.1 cm³/mol. The maximum Gasteiger partial charge on any atom is 0.441 e. The fraction of sp³-hybridized carbons (Fsp3) is 0.143. The van der Waals surface area contributed by atoms with Crippen molar-refractivity contribution < 1.29 is 8.91 Å². The molecule has 0 atom stereocenters. The molecule has 0 aliphatic carbocycles. The van der Waals surface area contributed by atoms with Crippen LogP contribution in [0.5, 0.6) is 0 Å². The van der Waals surface area contributed by atoms with E-state index in [0.29, 0.717) is 17.9 Å². The molecule has 0 spiro atoms. The Morgan fingerprint density at radius 3 is 2.59 bits per heavy atom. The Morgan fingerprint density at radius 1 is 1.14 bits per heavy atom. The lowest BCUT2D eigenvalue weighted by molar-refractivity contribution is 0.375. The minimum absolute atomic E-state index is 0.170. The van der Waals surface area contributed by atoms with Gasteiger partial charge in [0.1, 0.15) is 5.82 Å². The van der Waals surface area contributed by atoms with Crippen molar-refractivity contribution in [2.24, 2.45) is 0 Å². The molecule has 6 nitrogen and oxygen atoms in total. The van der Waals surface area contributed by atoms with E-state index in [2.05, 4.69) is 15.4 Å². The number of benzene rings is 1. The smallest absolute Gasteiger partial charge is 0.296 e. The number of aromatic nitrogens is 4. The van der Waals surface area contributed by atoms with Gasteiger partial charge in [0.2, 0.25) is 0 Å². The SMILES string of the molecule is O=c1onc(Cc2ccc(F)cc2)n1Cc1ccc(Cl)nn1. The lowest BCUT2D eigenvalue weighted by atomic mass is 10.1. The summed E-state index contributed by atoms with van der Waals surface area (Å²) in [6.45, 7) is 0.170. The monoisotopic (exact) mass is 320 g/mol. The van der Waals surface area contributed by atoms with Gasteiger partial charge in [0.05, 0.1) is 12.2 Å². The molecule has 0 fully saturated rings. The van der Waals surface area contributed by atoms with Crippen LogP contribution in [0.15, 0.2) is 45.7 Å². The van der Waals surface area contributed by atoms with Gasteiger partial charge in [-0.25, -0.2) is 9.18 Å². The van der Waals surface area contributed by atoms with E-state index < -0.39 is 5.76 Å². The Balaban J connectivity index is 1.85. The van der Waals surface area contributed by atoms with Crippen LogP contribution in [-0.4, -0.2) is 19.9 Å². The Labute approximate surface area is 129 Å². The Hall–Kier alpha value is -2.54. The molecule has 0 bridgehead atoms. The third-order valence-corrected chi connectivity index (χ3v) is 3.25. The van der Waals surface area contributed by atoms with Crippen LogP contribution in [-0.2, 0) is 13.0 Å². The molecule has 0 N–H and O–H groups in total. The third-order valence-electron chi connectivity index (χ3n) is 3.04. The van der Waals surface area contributed by atoms with Gasteiger partial charge in [0.25, 0.3) is 0 Å². The lowest BCUT2D eigenvalue weighted by Crippen LogP contribution is -2.19. The van der Waals surface area contributed by atoms with Gasteiger partial charge < -0.3 is 0 Å². The summed E-state index contributed by atoms with van der Waals surface area (Å²) in [6.07, 6.45) is 0.340. The Bertz CT molecular complexity index is 827. The highest BCUT2D eigenvalue weighted by molar-refractivity contribution is 6.29. The number of nitrogens with zero attached hydrogens (tertiary/aromatic N) is 4. The predicted octanol–water partition coefficient (Wildman–Crippen LogP) is 2.06. The normalized spacial score (nSPS) is 10.8. The summed E-state index contributed by atoms with van der Waals surface area (Å²) in [5.74, 6) is -0.486. The zero-order valence-electron chi connectivity index (χ0n) is 11.2. The summed E-state index contributed by atoms with van der Waals surface area (Å²) in [6, 6.07) is 9.20. The van der Waals surface area contributed by atoms with Gasteiger partial charge in [-0.2, -0.15) is 5.10 Å². The molecule has 0 aliphatic rings. The second-order valence-electron chi connectivity index (χ2n) is 4.60. The first-order chi connectivity index (χ1) is 10.6. The van der Waals surface area contributed by atoms with Crippen molar-refractivity contribution in [2.45, 2.75) is 13.0 Å². The summed E-state index contributed by atoms with van der Waals surface area (Å²) < 4.78 is 19.0. The molecule has 0 saturated heterocycles. The summed E-state index contributed by atoms with van der Waals surface area (Å²) in [7, 11) is 0. The van der Waals surface area contributed by atoms with Crippen LogP contribution >= 0.6 is 11.6 Å². The number of halogens is 2. The molecule has 0 radical (unpaired) electrons. The largest absolute Gasteiger partial charge is 0.441 e. The van der Waals surface area contributed by atoms with Gasteiger partial charge in [-0.3, -0.25) is 9.09 Å². The first-order valence-electron chi connectivity index (χ1n) is 6.40. The maximum absolute atomic E-state index is 12.9. The van der Waals surface area contributed by atoms with E-state index in [0.717, 1.165) is 5.56 Å². The highest BCUT2D eigenvalue weighted by Crippen LogP contribution is 2.09. The van der Waals surface area contributed by atoms with E-state index in [1.54, 1.807) is 24.3 Å². The number of hydrogen-bond acceptors (Lipinski definition) is 5. The molecule has 2 aromatic heterocycles. The van der Waals surface area contributed by atoms with Crippen LogP contribution in [0.25, 0.3) is 0 Å². The zero-order chi connectivity index (χ0) is 15.5. The quantitative estimate of drug-likeness (QED) is 0.735. The number of rotatable bonds is 4. The van der Waals surface area contributed by atoms with Gasteiger partial charge in [-0.15, -0.1) is 5.10 Å². The molecule has 2 heterocycles. The van der Waals surface area contributed by atoms with Crippen molar-refractivity contribution in [1.29, 1.82) is 0 Å². The van der Waals surface area contributed by atoms with E-state index in [-0.39, 0.29) is 17.5 Å². The minimum Gasteiger partial charge on any atom is -0.296 e. The molecule has 0 aliphatic heterocycles. The lowest BCUT2D eigenvalue weighted by Gasteiger charge is -2.04. The summed E-state index contributed by atoms with van der Waals surface area (Å²) in [5, 5.41) is 11.6. The highest BCUT2D eigenvalue weighted by Gasteiger charge is 2.12. The summed E-state index contributed by atoms with van der Waals surface area (Å²) in [4.78, 5) is 11.8. The second-order valence-corrected chi connectivity index (χ2v) is 4.99. The fourth-order valence-corrected chi connectivity index (χ4v) is 2.05. The van der Waals surface area contributed by atoms with Gasteiger partial charge in [0, 0.05) is 6.42 Å². The van der Waals surface area contributed by atoms with Crippen molar-refractivity contribution in [3.05, 3.63) is 75.0 Å². The molecular formula is C14H10ClFN4O2. The molecule has 112 valence electrons. The van der Waals surface area contributed by atoms with Crippen molar-refractivity contribution in [2.75, 3.05) is 0 Å². The second kappa shape index (κ2) is 6.07. The molecule has 0 saturated carbocycles. The van der Waals surface area contributed by atoms with E-state index in [4.69, 9.17) is 16.1 Å². The van der Waals surface area contributed by atoms with Crippen molar-refractivity contribution in [1.82, 2.24) is 19.9 Å². The summed E-state index contributed by atoms with van der Waals surface area (Å²) >= 11 is 5.67. The van der Waals surface area contributed by atoms with Crippen molar-refractivity contribution in [3.8, 4) is 0 Å². The molecule has 3 aromatic rings. The van der Waals surface area contributed by atoms with E-state index >= 15 is 0 Å². The highest BCUT2D eigenvalue weighted by atomic mass is 35.5. The first-order valence-corrected chi connectivity index (χ1v) is 6.77. The van der Waals surface area contributed by atoms with Crippen LogP contribution in [0.3, 0.4) is 0 Å². The van der Waals surface area contributed by atoms with Crippen LogP contribution in [0.1, 0.15) is 17.1 Å². The van der Waals surface area contributed by atoms with E-state index in [1.165, 1.54) is 16.7 Å². The number of hydrogen-bond donors (Lipinski definition) is 0. The average Bonchev–Trinajstić information content (AvgIpc) is 2.85. The Kier molecular flexibility index (Phi) is 3.97. The molecule has 0 amide bonds. The van der Waals surface area contributed by atoms with Crippen LogP contribution in [0.4, 0.5) is 4.39 Å². The van der Waals surface area contributed by atoms with Crippen LogP contribution < -0.4 is 5.76 Å². The topological polar surface area (TPSA) is 73.8 Å². The van der Waals surface area contributed by atoms with E-state index in [1.807, 2.05) is 0 Å². The molecule has 0 unspecified atom stereocenters. The molecular weight excluding hydrogens is 311 g/mol. The third kappa shape index (κ3) is 3.20. The average molecular weight is 321 g/mol. The zero-order valence-corrected chi connectivity index (χ0v) is 12.0.